The molecule has 0 aliphatic rings. The zero-order chi connectivity index (χ0) is 12.1. The van der Waals surface area contributed by atoms with E-state index < -0.39 is 7.28 Å². The Morgan fingerprint density at radius 1 is 0.882 bits per heavy atom. The van der Waals surface area contributed by atoms with E-state index in [0.29, 0.717) is 0 Å². The summed E-state index contributed by atoms with van der Waals surface area (Å²) in [6.45, 7) is 2.08. The highest BCUT2D eigenvalue weighted by atomic mass is 31.2. The Kier molecular flexibility index (Phi) is 3.65. The predicted octanol–water partition coefficient (Wildman–Crippen LogP) is 3.77. The Labute approximate surface area is 102 Å². The number of rotatable bonds is 3. The van der Waals surface area contributed by atoms with Crippen LogP contribution in [0.15, 0.2) is 65.4 Å². The molecule has 2 aromatic carbocycles. The van der Waals surface area contributed by atoms with Crippen LogP contribution in [0.2, 0.25) is 0 Å². The summed E-state index contributed by atoms with van der Waals surface area (Å²) in [6, 6.07) is 20.0. The number of nitrogens with zero attached hydrogens (tertiary/aromatic N) is 1. The highest BCUT2D eigenvalue weighted by Crippen LogP contribution is 2.45. The van der Waals surface area contributed by atoms with E-state index in [1.807, 2.05) is 55.6 Å². The van der Waals surface area contributed by atoms with E-state index in [1.165, 1.54) is 0 Å². The number of hydrogen-bond donors (Lipinski definition) is 0. The molecule has 0 radical (unpaired) electrons. The molecular weight excluding hydrogens is 229 g/mol. The van der Waals surface area contributed by atoms with Gasteiger partial charge in [0.1, 0.15) is 5.75 Å². The standard InChI is InChI=1S/C14H16NOP/c1-15-17(2,14-11-7-4-8-12-14)16-13-9-5-3-6-10-13/h3-12H,1-2H3. The topological polar surface area (TPSA) is 21.6 Å². The molecule has 0 aromatic heterocycles. The smallest absolute Gasteiger partial charge is 0.159 e. The van der Waals surface area contributed by atoms with Crippen molar-refractivity contribution in [2.24, 2.45) is 4.74 Å². The van der Waals surface area contributed by atoms with Gasteiger partial charge in [-0.2, -0.15) is 0 Å². The minimum Gasteiger partial charge on any atom is -0.456 e. The second-order valence-corrected chi connectivity index (χ2v) is 6.68. The molecular formula is C14H16NOP. The van der Waals surface area contributed by atoms with Gasteiger partial charge in [-0.25, -0.2) is 0 Å². The molecule has 0 aliphatic heterocycles. The van der Waals surface area contributed by atoms with Crippen LogP contribution in [-0.2, 0) is 0 Å². The van der Waals surface area contributed by atoms with Crippen LogP contribution < -0.4 is 9.83 Å². The summed E-state index contributed by atoms with van der Waals surface area (Å²) in [5.41, 5.74) is 0. The molecule has 1 atom stereocenters. The maximum absolute atomic E-state index is 6.08. The predicted molar refractivity (Wildman–Crippen MR) is 74.3 cm³/mol. The summed E-state index contributed by atoms with van der Waals surface area (Å²) < 4.78 is 10.6. The largest absolute Gasteiger partial charge is 0.456 e. The van der Waals surface area contributed by atoms with Crippen molar-refractivity contribution in [3.63, 3.8) is 0 Å². The van der Waals surface area contributed by atoms with Crippen molar-refractivity contribution in [1.29, 1.82) is 0 Å². The Bertz CT molecular complexity index is 522. The molecule has 0 N–H and O–H groups in total. The highest BCUT2D eigenvalue weighted by molar-refractivity contribution is 7.68. The highest BCUT2D eigenvalue weighted by Gasteiger charge is 2.16. The normalized spacial score (nSPS) is 13.8. The van der Waals surface area contributed by atoms with Gasteiger partial charge in [-0.1, -0.05) is 36.4 Å². The molecule has 0 aliphatic carbocycles. The first-order valence-corrected chi connectivity index (χ1v) is 7.63. The second-order valence-electron chi connectivity index (χ2n) is 3.82. The van der Waals surface area contributed by atoms with Crippen molar-refractivity contribution in [3.8, 4) is 5.75 Å². The third kappa shape index (κ3) is 2.78. The molecule has 0 fully saturated rings. The quantitative estimate of drug-likeness (QED) is 0.754. The summed E-state index contributed by atoms with van der Waals surface area (Å²) >= 11 is 0. The first-order valence-electron chi connectivity index (χ1n) is 5.53. The van der Waals surface area contributed by atoms with E-state index in [2.05, 4.69) is 23.5 Å². The monoisotopic (exact) mass is 245 g/mol. The van der Waals surface area contributed by atoms with E-state index in [-0.39, 0.29) is 0 Å². The van der Waals surface area contributed by atoms with E-state index >= 15 is 0 Å². The second kappa shape index (κ2) is 5.20. The first-order chi connectivity index (χ1) is 8.24. The van der Waals surface area contributed by atoms with Gasteiger partial charge < -0.3 is 4.52 Å². The number of benzene rings is 2. The Morgan fingerprint density at radius 3 is 1.94 bits per heavy atom. The average Bonchev–Trinajstić information content (AvgIpc) is 2.41. The van der Waals surface area contributed by atoms with E-state index in [1.54, 1.807) is 0 Å². The molecule has 2 rings (SSSR count). The van der Waals surface area contributed by atoms with Crippen LogP contribution in [0.4, 0.5) is 0 Å². The Morgan fingerprint density at radius 2 is 1.41 bits per heavy atom. The van der Waals surface area contributed by atoms with Crippen molar-refractivity contribution in [2.45, 2.75) is 0 Å². The van der Waals surface area contributed by atoms with E-state index in [4.69, 9.17) is 4.52 Å². The SMILES string of the molecule is CN=P(C)(Oc1ccccc1)c1ccccc1. The summed E-state index contributed by atoms with van der Waals surface area (Å²) in [6.07, 6.45) is 0. The fourth-order valence-electron chi connectivity index (χ4n) is 1.60. The molecule has 88 valence electrons. The zero-order valence-electron chi connectivity index (χ0n) is 10.1. The van der Waals surface area contributed by atoms with Gasteiger partial charge in [-0.3, -0.25) is 4.74 Å². The molecule has 2 nitrogen and oxygen atoms in total. The minimum absolute atomic E-state index is 0.873. The van der Waals surface area contributed by atoms with E-state index in [9.17, 15) is 0 Å². The van der Waals surface area contributed by atoms with Crippen molar-refractivity contribution in [1.82, 2.24) is 0 Å². The Balaban J connectivity index is 2.34. The van der Waals surface area contributed by atoms with Crippen LogP contribution in [0, 0.1) is 0 Å². The van der Waals surface area contributed by atoms with Crippen LogP contribution in [0.5, 0.6) is 5.75 Å². The zero-order valence-corrected chi connectivity index (χ0v) is 11.0. The summed E-state index contributed by atoms with van der Waals surface area (Å²) in [5, 5.41) is 1.16. The van der Waals surface area contributed by atoms with Gasteiger partial charge in [0.25, 0.3) is 0 Å². The maximum Gasteiger partial charge on any atom is 0.159 e. The van der Waals surface area contributed by atoms with Crippen molar-refractivity contribution >= 4 is 12.6 Å². The van der Waals surface area contributed by atoms with Crippen LogP contribution in [0.25, 0.3) is 0 Å². The lowest BCUT2D eigenvalue weighted by molar-refractivity contribution is 0.616. The van der Waals surface area contributed by atoms with Crippen molar-refractivity contribution < 1.29 is 4.52 Å². The summed E-state index contributed by atoms with van der Waals surface area (Å²) in [7, 11) is -0.0764. The van der Waals surface area contributed by atoms with Gasteiger partial charge in [-0.05, 0) is 24.3 Å². The average molecular weight is 245 g/mol. The van der Waals surface area contributed by atoms with Gasteiger partial charge in [0, 0.05) is 19.0 Å². The molecule has 0 saturated heterocycles. The summed E-state index contributed by atoms with van der Waals surface area (Å²) in [5.74, 6) is 0.873. The first kappa shape index (κ1) is 11.9. The third-order valence-corrected chi connectivity index (χ3v) is 5.23. The van der Waals surface area contributed by atoms with Crippen LogP contribution >= 0.6 is 7.28 Å². The molecule has 0 amide bonds. The van der Waals surface area contributed by atoms with Crippen molar-refractivity contribution in [3.05, 3.63) is 60.7 Å². The van der Waals surface area contributed by atoms with Gasteiger partial charge in [0.15, 0.2) is 7.28 Å². The molecule has 3 heteroatoms. The van der Waals surface area contributed by atoms with Crippen LogP contribution in [0.1, 0.15) is 0 Å². The number of hydrogen-bond acceptors (Lipinski definition) is 2. The molecule has 0 bridgehead atoms. The third-order valence-electron chi connectivity index (χ3n) is 2.64. The minimum atomic E-state index is -1.90. The lowest BCUT2D eigenvalue weighted by Crippen LogP contribution is -2.08. The van der Waals surface area contributed by atoms with Gasteiger partial charge >= 0.3 is 0 Å². The van der Waals surface area contributed by atoms with Crippen LogP contribution in [0.3, 0.4) is 0 Å². The van der Waals surface area contributed by atoms with Gasteiger partial charge in [0.05, 0.1) is 0 Å². The molecule has 0 spiro atoms. The van der Waals surface area contributed by atoms with E-state index in [0.717, 1.165) is 11.1 Å². The lowest BCUT2D eigenvalue weighted by Gasteiger charge is -2.21. The molecule has 17 heavy (non-hydrogen) atoms. The number of para-hydroxylation sites is 1. The molecule has 2 aromatic rings. The fourth-order valence-corrected chi connectivity index (χ4v) is 3.28. The molecule has 0 saturated carbocycles. The van der Waals surface area contributed by atoms with Gasteiger partial charge in [-0.15, -0.1) is 0 Å². The maximum atomic E-state index is 6.08. The lowest BCUT2D eigenvalue weighted by atomic mass is 10.3. The fraction of sp³-hybridized carbons (Fsp3) is 0.143. The van der Waals surface area contributed by atoms with Crippen LogP contribution in [-0.4, -0.2) is 13.7 Å². The Hall–Kier alpha value is -1.53. The molecule has 1 unspecified atom stereocenters. The van der Waals surface area contributed by atoms with Crippen molar-refractivity contribution in [2.75, 3.05) is 13.7 Å². The molecule has 0 heterocycles. The van der Waals surface area contributed by atoms with Gasteiger partial charge in [0.2, 0.25) is 0 Å². The summed E-state index contributed by atoms with van der Waals surface area (Å²) in [4.78, 5) is 0.